The zero-order valence-electron chi connectivity index (χ0n) is 15.9. The first-order valence-electron chi connectivity index (χ1n) is 8.81. The topological polar surface area (TPSA) is 108 Å². The van der Waals surface area contributed by atoms with Crippen molar-refractivity contribution in [3.8, 4) is 11.8 Å². The van der Waals surface area contributed by atoms with Gasteiger partial charge in [-0.15, -0.1) is 0 Å². The maximum atomic E-state index is 12.0. The molecule has 0 heterocycles. The van der Waals surface area contributed by atoms with E-state index in [1.165, 1.54) is 5.01 Å². The Balaban J connectivity index is 2.33. The van der Waals surface area contributed by atoms with E-state index in [1.807, 2.05) is 42.5 Å². The van der Waals surface area contributed by atoms with Crippen molar-refractivity contribution >= 4 is 22.7 Å². The van der Waals surface area contributed by atoms with Crippen molar-refractivity contribution < 1.29 is 19.1 Å². The van der Waals surface area contributed by atoms with Gasteiger partial charge in [0.25, 0.3) is 0 Å². The molecule has 2 aromatic rings. The van der Waals surface area contributed by atoms with E-state index in [4.69, 9.17) is 21.1 Å². The van der Waals surface area contributed by atoms with Crippen LogP contribution in [0, 0.1) is 11.8 Å². The summed E-state index contributed by atoms with van der Waals surface area (Å²) in [5.41, 5.74) is 6.47. The zero-order chi connectivity index (χ0) is 20.5. The van der Waals surface area contributed by atoms with E-state index in [0.717, 1.165) is 16.3 Å². The molecule has 0 radical (unpaired) electrons. The summed E-state index contributed by atoms with van der Waals surface area (Å²) < 4.78 is 9.68. The fraction of sp³-hybridized carbons (Fsp3) is 0.238. The number of nitrogens with two attached hydrogens (primary N) is 2. The monoisotopic (exact) mass is 381 g/mol. The van der Waals surface area contributed by atoms with Gasteiger partial charge in [-0.3, -0.25) is 5.01 Å². The number of fused-ring (bicyclic) bond motifs is 1. The Morgan fingerprint density at radius 2 is 1.68 bits per heavy atom. The second kappa shape index (κ2) is 10.00. The molecule has 2 rings (SSSR count). The van der Waals surface area contributed by atoms with E-state index >= 15 is 0 Å². The van der Waals surface area contributed by atoms with Crippen molar-refractivity contribution in [1.82, 2.24) is 5.01 Å². The normalized spacial score (nSPS) is 11.1. The highest BCUT2D eigenvalue weighted by Crippen LogP contribution is 2.17. The average Bonchev–Trinajstić information content (AvgIpc) is 2.68. The number of carbonyl (C=O) groups excluding carboxylic acids is 2. The molecular formula is C21H23N3O4. The smallest absolute Gasteiger partial charge is 0.384 e. The number of hydrogen-bond donors (Lipinski definition) is 2. The highest BCUT2D eigenvalue weighted by Gasteiger charge is 2.17. The van der Waals surface area contributed by atoms with Crippen LogP contribution >= 0.6 is 0 Å². The molecule has 0 saturated heterocycles. The molecule has 146 valence electrons. The van der Waals surface area contributed by atoms with Crippen molar-refractivity contribution in [2.75, 3.05) is 13.2 Å². The van der Waals surface area contributed by atoms with Crippen LogP contribution in [0.4, 0.5) is 0 Å². The van der Waals surface area contributed by atoms with E-state index in [0.29, 0.717) is 0 Å². The van der Waals surface area contributed by atoms with Crippen LogP contribution < -0.4 is 11.6 Å². The van der Waals surface area contributed by atoms with Gasteiger partial charge in [-0.2, -0.15) is 0 Å². The number of benzene rings is 2. The standard InChI is InChI=1S/C21H23N3O4/c1-3-27-19(25)12-11-18(20(22)21(26)28-4-2)24(23)14-15-9-10-16-7-5-6-8-17(16)13-15/h5-10,13H,3-4,14,22-23H2,1-2H3/b20-18-. The second-order valence-electron chi connectivity index (χ2n) is 5.76. The molecule has 28 heavy (non-hydrogen) atoms. The van der Waals surface area contributed by atoms with Crippen molar-refractivity contribution in [1.29, 1.82) is 0 Å². The molecule has 0 bridgehead atoms. The molecule has 0 aliphatic carbocycles. The minimum absolute atomic E-state index is 0.0142. The quantitative estimate of drug-likeness (QED) is 0.196. The SMILES string of the molecule is CCOC(=O)C#C/C(=C(/N)C(=O)OCC)N(N)Cc1ccc2ccccc2c1. The summed E-state index contributed by atoms with van der Waals surface area (Å²) in [6.45, 7) is 3.87. The van der Waals surface area contributed by atoms with Gasteiger partial charge in [-0.05, 0) is 42.2 Å². The number of allylic oxidation sites excluding steroid dienone is 1. The Kier molecular flexibility index (Phi) is 7.43. The van der Waals surface area contributed by atoms with Gasteiger partial charge in [0.05, 0.1) is 19.8 Å². The zero-order valence-corrected chi connectivity index (χ0v) is 15.9. The van der Waals surface area contributed by atoms with E-state index < -0.39 is 11.9 Å². The van der Waals surface area contributed by atoms with Crippen molar-refractivity contribution in [2.45, 2.75) is 20.4 Å². The molecule has 7 heteroatoms. The van der Waals surface area contributed by atoms with Gasteiger partial charge in [-0.1, -0.05) is 36.4 Å². The Hall–Kier alpha value is -3.50. The molecule has 0 amide bonds. The van der Waals surface area contributed by atoms with E-state index in [9.17, 15) is 9.59 Å². The van der Waals surface area contributed by atoms with Gasteiger partial charge < -0.3 is 15.2 Å². The number of hydrazine groups is 1. The first kappa shape index (κ1) is 20.8. The first-order valence-corrected chi connectivity index (χ1v) is 8.81. The number of carbonyl (C=O) groups is 2. The van der Waals surface area contributed by atoms with Gasteiger partial charge in [0.2, 0.25) is 0 Å². The predicted molar refractivity (Wildman–Crippen MR) is 106 cm³/mol. The van der Waals surface area contributed by atoms with E-state index in [-0.39, 0.29) is 31.2 Å². The minimum atomic E-state index is -0.760. The first-order chi connectivity index (χ1) is 13.5. The Morgan fingerprint density at radius 3 is 2.36 bits per heavy atom. The third-order valence-electron chi connectivity index (χ3n) is 3.76. The molecule has 2 aromatic carbocycles. The van der Waals surface area contributed by atoms with Gasteiger partial charge >= 0.3 is 11.9 Å². The molecular weight excluding hydrogens is 358 g/mol. The molecule has 0 aromatic heterocycles. The van der Waals surface area contributed by atoms with Crippen LogP contribution in [0.2, 0.25) is 0 Å². The number of rotatable bonds is 6. The highest BCUT2D eigenvalue weighted by atomic mass is 16.5. The van der Waals surface area contributed by atoms with Crippen LogP contribution in [0.1, 0.15) is 19.4 Å². The van der Waals surface area contributed by atoms with Gasteiger partial charge in [0.1, 0.15) is 5.70 Å². The molecule has 4 N–H and O–H groups in total. The fourth-order valence-electron chi connectivity index (χ4n) is 2.49. The lowest BCUT2D eigenvalue weighted by molar-refractivity contribution is -0.139. The van der Waals surface area contributed by atoms with Crippen LogP contribution in [0.5, 0.6) is 0 Å². The number of hydrogen-bond acceptors (Lipinski definition) is 7. The largest absolute Gasteiger partial charge is 0.461 e. The van der Waals surface area contributed by atoms with Crippen molar-refractivity contribution in [3.63, 3.8) is 0 Å². The van der Waals surface area contributed by atoms with Crippen molar-refractivity contribution in [2.24, 2.45) is 11.6 Å². The predicted octanol–water partition coefficient (Wildman–Crippen LogP) is 1.82. The maximum Gasteiger partial charge on any atom is 0.384 e. The molecule has 0 saturated carbocycles. The summed E-state index contributed by atoms with van der Waals surface area (Å²) in [7, 11) is 0. The second-order valence-corrected chi connectivity index (χ2v) is 5.76. The Morgan fingerprint density at radius 1 is 1.00 bits per heavy atom. The molecule has 7 nitrogen and oxygen atoms in total. The number of ether oxygens (including phenoxy) is 2. The highest BCUT2D eigenvalue weighted by molar-refractivity contribution is 5.92. The molecule has 0 spiro atoms. The summed E-state index contributed by atoms with van der Waals surface area (Å²) in [5.74, 6) is 9.43. The van der Waals surface area contributed by atoms with Crippen molar-refractivity contribution in [3.05, 3.63) is 59.4 Å². The Bertz CT molecular complexity index is 957. The summed E-state index contributed by atoms with van der Waals surface area (Å²) in [6, 6.07) is 13.8. The lowest BCUT2D eigenvalue weighted by Gasteiger charge is -2.20. The molecule has 0 aliphatic heterocycles. The summed E-state index contributed by atoms with van der Waals surface area (Å²) in [6.07, 6.45) is 0. The van der Waals surface area contributed by atoms with Crippen LogP contribution in [0.15, 0.2) is 53.9 Å². The third kappa shape index (κ3) is 5.50. The number of nitrogens with zero attached hydrogens (tertiary/aromatic N) is 1. The van der Waals surface area contributed by atoms with Crippen LogP contribution in [-0.4, -0.2) is 30.2 Å². The van der Waals surface area contributed by atoms with Crippen LogP contribution in [-0.2, 0) is 25.6 Å². The Labute approximate surface area is 163 Å². The number of esters is 2. The molecule has 0 atom stereocenters. The van der Waals surface area contributed by atoms with Gasteiger partial charge in [0.15, 0.2) is 5.70 Å². The molecule has 0 aliphatic rings. The van der Waals surface area contributed by atoms with Crippen LogP contribution in [0.25, 0.3) is 10.8 Å². The summed E-state index contributed by atoms with van der Waals surface area (Å²) in [5, 5.41) is 3.36. The molecule has 0 fully saturated rings. The van der Waals surface area contributed by atoms with Gasteiger partial charge in [0, 0.05) is 5.92 Å². The fourth-order valence-corrected chi connectivity index (χ4v) is 2.49. The summed E-state index contributed by atoms with van der Waals surface area (Å²) in [4.78, 5) is 23.6. The molecule has 0 unspecified atom stereocenters. The third-order valence-corrected chi connectivity index (χ3v) is 3.76. The van der Waals surface area contributed by atoms with E-state index in [1.54, 1.807) is 13.8 Å². The lowest BCUT2D eigenvalue weighted by atomic mass is 10.1. The minimum Gasteiger partial charge on any atom is -0.461 e. The van der Waals surface area contributed by atoms with Gasteiger partial charge in [-0.25, -0.2) is 15.4 Å². The maximum absolute atomic E-state index is 12.0. The summed E-state index contributed by atoms with van der Waals surface area (Å²) >= 11 is 0. The lowest BCUT2D eigenvalue weighted by Crippen LogP contribution is -2.33. The van der Waals surface area contributed by atoms with E-state index in [2.05, 4.69) is 11.8 Å². The average molecular weight is 381 g/mol. The van der Waals surface area contributed by atoms with Crippen LogP contribution in [0.3, 0.4) is 0 Å².